The van der Waals surface area contributed by atoms with E-state index in [-0.39, 0.29) is 5.82 Å². The Balaban J connectivity index is 1.47. The van der Waals surface area contributed by atoms with Gasteiger partial charge in [-0.25, -0.2) is 9.37 Å². The van der Waals surface area contributed by atoms with Crippen LogP contribution in [0.25, 0.3) is 5.65 Å². The van der Waals surface area contributed by atoms with Gasteiger partial charge in [0.25, 0.3) is 0 Å². The summed E-state index contributed by atoms with van der Waals surface area (Å²) >= 11 is 0. The van der Waals surface area contributed by atoms with Crippen molar-refractivity contribution in [1.82, 2.24) is 19.5 Å². The molecule has 0 aliphatic carbocycles. The summed E-state index contributed by atoms with van der Waals surface area (Å²) in [4.78, 5) is 9.34. The number of fused-ring (bicyclic) bond motifs is 1. The number of anilines is 1. The monoisotopic (exact) mass is 339 g/mol. The zero-order chi connectivity index (χ0) is 17.4. The number of rotatable bonds is 3. The Bertz CT molecular complexity index is 879. The molecule has 0 amide bonds. The van der Waals surface area contributed by atoms with Gasteiger partial charge in [0, 0.05) is 50.6 Å². The fourth-order valence-electron chi connectivity index (χ4n) is 3.40. The molecule has 0 saturated carbocycles. The Labute approximate surface area is 146 Å². The Morgan fingerprint density at radius 3 is 2.40 bits per heavy atom. The molecule has 1 aliphatic rings. The fraction of sp³-hybridized carbons (Fsp3) is 0.368. The largest absolute Gasteiger partial charge is 0.354 e. The highest BCUT2D eigenvalue weighted by molar-refractivity contribution is 5.52. The van der Waals surface area contributed by atoms with Crippen molar-refractivity contribution in [2.45, 2.75) is 20.4 Å². The number of piperazine rings is 1. The number of aromatic nitrogens is 3. The van der Waals surface area contributed by atoms with Crippen LogP contribution < -0.4 is 4.90 Å². The van der Waals surface area contributed by atoms with Crippen LogP contribution in [0.5, 0.6) is 0 Å². The lowest BCUT2D eigenvalue weighted by Crippen LogP contribution is -2.46. The molecule has 0 N–H and O–H groups in total. The van der Waals surface area contributed by atoms with Crippen molar-refractivity contribution in [3.8, 4) is 0 Å². The summed E-state index contributed by atoms with van der Waals surface area (Å²) < 4.78 is 15.0. The molecule has 25 heavy (non-hydrogen) atoms. The van der Waals surface area contributed by atoms with Gasteiger partial charge in [-0.05, 0) is 31.5 Å². The Morgan fingerprint density at radius 2 is 1.68 bits per heavy atom. The van der Waals surface area contributed by atoms with Crippen LogP contribution in [0.4, 0.5) is 10.2 Å². The third kappa shape index (κ3) is 3.35. The maximum atomic E-state index is 13.0. The Hall–Kier alpha value is -2.47. The molecule has 5 nitrogen and oxygen atoms in total. The van der Waals surface area contributed by atoms with Crippen LogP contribution in [0.1, 0.15) is 17.0 Å². The summed E-state index contributed by atoms with van der Waals surface area (Å²) in [5.74, 6) is 0.928. The van der Waals surface area contributed by atoms with Crippen LogP contribution in [-0.4, -0.2) is 45.7 Å². The van der Waals surface area contributed by atoms with Gasteiger partial charge in [0.05, 0.1) is 5.69 Å². The minimum absolute atomic E-state index is 0.180. The van der Waals surface area contributed by atoms with Gasteiger partial charge in [-0.2, -0.15) is 9.61 Å². The second-order valence-electron chi connectivity index (χ2n) is 6.70. The molecular formula is C19H22FN5. The predicted octanol–water partition coefficient (Wildman–Crippen LogP) is 2.81. The molecule has 6 heteroatoms. The number of hydrogen-bond acceptors (Lipinski definition) is 4. The van der Waals surface area contributed by atoms with Crippen molar-refractivity contribution >= 4 is 11.5 Å². The molecular weight excluding hydrogens is 317 g/mol. The first kappa shape index (κ1) is 16.0. The number of nitrogens with zero attached hydrogens (tertiary/aromatic N) is 5. The zero-order valence-corrected chi connectivity index (χ0v) is 14.6. The molecule has 4 rings (SSSR count). The molecule has 130 valence electrons. The van der Waals surface area contributed by atoms with E-state index in [1.165, 1.54) is 12.1 Å². The standard InChI is InChI=1S/C19H22FN5/c1-14-12-19(25-18(21-14)11-15(2)22-25)24-9-7-23(8-10-24)13-16-3-5-17(20)6-4-16/h3-6,11-12H,7-10,13H2,1-2H3. The van der Waals surface area contributed by atoms with Gasteiger partial charge in [-0.1, -0.05) is 12.1 Å². The van der Waals surface area contributed by atoms with Gasteiger partial charge in [0.15, 0.2) is 5.65 Å². The minimum Gasteiger partial charge on any atom is -0.354 e. The molecule has 1 aromatic carbocycles. The van der Waals surface area contributed by atoms with E-state index in [0.717, 1.165) is 61.1 Å². The van der Waals surface area contributed by atoms with Crippen molar-refractivity contribution in [2.24, 2.45) is 0 Å². The van der Waals surface area contributed by atoms with Crippen molar-refractivity contribution in [3.63, 3.8) is 0 Å². The summed E-state index contributed by atoms with van der Waals surface area (Å²) in [6.45, 7) is 8.71. The van der Waals surface area contributed by atoms with E-state index in [1.807, 2.05) is 36.6 Å². The first-order valence-electron chi connectivity index (χ1n) is 8.64. The molecule has 3 aromatic rings. The lowest BCUT2D eigenvalue weighted by Gasteiger charge is -2.36. The van der Waals surface area contributed by atoms with Gasteiger partial charge in [0.2, 0.25) is 0 Å². The topological polar surface area (TPSA) is 36.7 Å². The summed E-state index contributed by atoms with van der Waals surface area (Å²) in [7, 11) is 0. The molecule has 1 fully saturated rings. The van der Waals surface area contributed by atoms with Crippen LogP contribution >= 0.6 is 0 Å². The molecule has 0 unspecified atom stereocenters. The van der Waals surface area contributed by atoms with Gasteiger partial charge in [-0.15, -0.1) is 0 Å². The molecule has 1 saturated heterocycles. The molecule has 2 aromatic heterocycles. The SMILES string of the molecule is Cc1cc(N2CCN(Cc3ccc(F)cc3)CC2)n2nc(C)cc2n1. The summed E-state index contributed by atoms with van der Waals surface area (Å²) in [6.07, 6.45) is 0. The third-order valence-electron chi connectivity index (χ3n) is 4.67. The zero-order valence-electron chi connectivity index (χ0n) is 14.6. The van der Waals surface area contributed by atoms with Crippen LogP contribution in [0.3, 0.4) is 0 Å². The van der Waals surface area contributed by atoms with E-state index in [9.17, 15) is 4.39 Å². The molecule has 0 bridgehead atoms. The van der Waals surface area contributed by atoms with Crippen molar-refractivity contribution in [2.75, 3.05) is 31.1 Å². The molecule has 1 aliphatic heterocycles. The van der Waals surface area contributed by atoms with E-state index in [2.05, 4.69) is 25.9 Å². The number of benzene rings is 1. The predicted molar refractivity (Wildman–Crippen MR) is 96.4 cm³/mol. The highest BCUT2D eigenvalue weighted by atomic mass is 19.1. The molecule has 3 heterocycles. The van der Waals surface area contributed by atoms with E-state index >= 15 is 0 Å². The Morgan fingerprint density at radius 1 is 0.960 bits per heavy atom. The maximum absolute atomic E-state index is 13.0. The number of hydrogen-bond donors (Lipinski definition) is 0. The second-order valence-corrected chi connectivity index (χ2v) is 6.70. The molecule has 0 atom stereocenters. The van der Waals surface area contributed by atoms with E-state index in [1.54, 1.807) is 0 Å². The van der Waals surface area contributed by atoms with Crippen LogP contribution in [0.15, 0.2) is 36.4 Å². The quantitative estimate of drug-likeness (QED) is 0.735. The minimum atomic E-state index is -0.180. The van der Waals surface area contributed by atoms with Gasteiger partial charge in [-0.3, -0.25) is 4.90 Å². The number of aryl methyl sites for hydroxylation is 2. The summed E-state index contributed by atoms with van der Waals surface area (Å²) in [5, 5.41) is 4.59. The lowest BCUT2D eigenvalue weighted by atomic mass is 10.2. The summed E-state index contributed by atoms with van der Waals surface area (Å²) in [6, 6.07) is 10.9. The van der Waals surface area contributed by atoms with Gasteiger partial charge >= 0.3 is 0 Å². The highest BCUT2D eigenvalue weighted by Gasteiger charge is 2.20. The van der Waals surface area contributed by atoms with Crippen molar-refractivity contribution in [3.05, 3.63) is 59.2 Å². The fourth-order valence-corrected chi connectivity index (χ4v) is 3.40. The van der Waals surface area contributed by atoms with E-state index in [0.29, 0.717) is 0 Å². The van der Waals surface area contributed by atoms with Crippen molar-refractivity contribution in [1.29, 1.82) is 0 Å². The van der Waals surface area contributed by atoms with Crippen LogP contribution in [0, 0.1) is 19.7 Å². The van der Waals surface area contributed by atoms with Crippen LogP contribution in [-0.2, 0) is 6.54 Å². The summed E-state index contributed by atoms with van der Waals surface area (Å²) in [5.41, 5.74) is 4.05. The van der Waals surface area contributed by atoms with E-state index in [4.69, 9.17) is 0 Å². The van der Waals surface area contributed by atoms with Gasteiger partial charge in [0.1, 0.15) is 11.6 Å². The first-order chi connectivity index (χ1) is 12.1. The average Bonchev–Trinajstić information content (AvgIpc) is 2.97. The van der Waals surface area contributed by atoms with Crippen LogP contribution in [0.2, 0.25) is 0 Å². The van der Waals surface area contributed by atoms with E-state index < -0.39 is 0 Å². The highest BCUT2D eigenvalue weighted by Crippen LogP contribution is 2.20. The lowest BCUT2D eigenvalue weighted by molar-refractivity contribution is 0.249. The molecule has 0 spiro atoms. The van der Waals surface area contributed by atoms with Crippen molar-refractivity contribution < 1.29 is 4.39 Å². The first-order valence-corrected chi connectivity index (χ1v) is 8.64. The second kappa shape index (κ2) is 6.44. The molecule has 0 radical (unpaired) electrons. The average molecular weight is 339 g/mol. The maximum Gasteiger partial charge on any atom is 0.157 e. The smallest absolute Gasteiger partial charge is 0.157 e. The number of halogens is 1. The Kier molecular flexibility index (Phi) is 4.13. The normalized spacial score (nSPS) is 15.9. The van der Waals surface area contributed by atoms with Gasteiger partial charge < -0.3 is 4.90 Å². The third-order valence-corrected chi connectivity index (χ3v) is 4.67.